The topological polar surface area (TPSA) is 96.0 Å². The Labute approximate surface area is 138 Å². The number of carbonyl (C=O) groups is 4. The molecule has 1 saturated carbocycles. The molecule has 3 rings (SSSR count). The van der Waals surface area contributed by atoms with Gasteiger partial charge in [-0.2, -0.15) is 0 Å². The third-order valence-corrected chi connectivity index (χ3v) is 5.00. The molecule has 0 aliphatic heterocycles. The van der Waals surface area contributed by atoms with Crippen LogP contribution in [0.5, 0.6) is 0 Å². The van der Waals surface area contributed by atoms with Gasteiger partial charge in [0.1, 0.15) is 11.5 Å². The first kappa shape index (κ1) is 16.4. The predicted octanol–water partition coefficient (Wildman–Crippen LogP) is 0.929. The summed E-state index contributed by atoms with van der Waals surface area (Å²) in [5, 5.41) is 0. The SMILES string of the molecule is COC(=O)[C@]12C=C(OC(C)=O)C(=O)[C@H]1[C@@H]1CC=C[C@@H]1[C@@H]2OC(C)=O. The zero-order valence-electron chi connectivity index (χ0n) is 13.6. The summed E-state index contributed by atoms with van der Waals surface area (Å²) in [7, 11) is 1.21. The van der Waals surface area contributed by atoms with Crippen LogP contribution in [0.4, 0.5) is 0 Å². The van der Waals surface area contributed by atoms with E-state index < -0.39 is 41.1 Å². The normalized spacial score (nSPS) is 36.0. The van der Waals surface area contributed by atoms with Crippen molar-refractivity contribution in [3.63, 3.8) is 0 Å². The molecule has 5 atom stereocenters. The lowest BCUT2D eigenvalue weighted by Gasteiger charge is -2.31. The molecule has 0 spiro atoms. The van der Waals surface area contributed by atoms with Gasteiger partial charge in [0.05, 0.1) is 13.0 Å². The Morgan fingerprint density at radius 2 is 1.92 bits per heavy atom. The molecule has 0 amide bonds. The summed E-state index contributed by atoms with van der Waals surface area (Å²) in [6, 6.07) is 0. The number of ether oxygens (including phenoxy) is 3. The van der Waals surface area contributed by atoms with Gasteiger partial charge in [0.2, 0.25) is 5.78 Å². The van der Waals surface area contributed by atoms with Crippen LogP contribution in [0.15, 0.2) is 24.0 Å². The molecule has 128 valence electrons. The molecular formula is C17H18O7. The van der Waals surface area contributed by atoms with Crippen LogP contribution in [0.3, 0.4) is 0 Å². The molecule has 3 aliphatic carbocycles. The molecule has 1 fully saturated rings. The molecule has 0 N–H and O–H groups in total. The molecule has 0 aromatic heterocycles. The fraction of sp³-hybridized carbons (Fsp3) is 0.529. The number of esters is 3. The van der Waals surface area contributed by atoms with E-state index in [9.17, 15) is 19.2 Å². The van der Waals surface area contributed by atoms with Gasteiger partial charge in [0, 0.05) is 19.8 Å². The Kier molecular flexibility index (Phi) is 3.81. The number of hydrogen-bond donors (Lipinski definition) is 0. The standard InChI is InChI=1S/C17H18O7/c1-8(18)23-12-7-17(16(21)22-3)13(14(12)20)10-5-4-6-11(10)15(17)24-9(2)19/h4,6-7,10-11,13,15H,5H2,1-3H3/t10-,11+,13-,15+,17-/m1/s1. The van der Waals surface area contributed by atoms with Crippen LogP contribution in [0, 0.1) is 23.2 Å². The van der Waals surface area contributed by atoms with Gasteiger partial charge in [0.15, 0.2) is 5.76 Å². The highest BCUT2D eigenvalue weighted by molar-refractivity contribution is 6.06. The van der Waals surface area contributed by atoms with Crippen molar-refractivity contribution >= 4 is 23.7 Å². The molecule has 3 aliphatic rings. The average Bonchev–Trinajstić information content (AvgIpc) is 3.12. The molecule has 0 unspecified atom stereocenters. The second-order valence-electron chi connectivity index (χ2n) is 6.30. The second-order valence-corrected chi connectivity index (χ2v) is 6.30. The monoisotopic (exact) mass is 334 g/mol. The zero-order valence-corrected chi connectivity index (χ0v) is 13.6. The molecule has 0 heterocycles. The molecule has 0 saturated heterocycles. The highest BCUT2D eigenvalue weighted by Gasteiger charge is 2.71. The molecule has 7 nitrogen and oxygen atoms in total. The summed E-state index contributed by atoms with van der Waals surface area (Å²) >= 11 is 0. The number of methoxy groups -OCH3 is 1. The van der Waals surface area contributed by atoms with Crippen molar-refractivity contribution in [2.24, 2.45) is 23.2 Å². The number of hydrogen-bond acceptors (Lipinski definition) is 7. The summed E-state index contributed by atoms with van der Waals surface area (Å²) < 4.78 is 15.3. The van der Waals surface area contributed by atoms with E-state index in [1.807, 2.05) is 12.2 Å². The summed E-state index contributed by atoms with van der Waals surface area (Å²) in [5.74, 6) is -3.71. The number of fused-ring (bicyclic) bond motifs is 3. The van der Waals surface area contributed by atoms with Gasteiger partial charge in [-0.05, 0) is 18.4 Å². The van der Waals surface area contributed by atoms with E-state index in [-0.39, 0.29) is 17.6 Å². The minimum Gasteiger partial charge on any atom is -0.468 e. The lowest BCUT2D eigenvalue weighted by molar-refractivity contribution is -0.167. The molecule has 0 aromatic carbocycles. The quantitative estimate of drug-likeness (QED) is 0.430. The number of Topliss-reactive ketones (excluding diaryl/α,β-unsaturated/α-hetero) is 1. The first-order valence-corrected chi connectivity index (χ1v) is 7.70. The van der Waals surface area contributed by atoms with Gasteiger partial charge in [-0.3, -0.25) is 19.2 Å². The molecular weight excluding hydrogens is 316 g/mol. The van der Waals surface area contributed by atoms with E-state index in [1.54, 1.807) is 0 Å². The minimum absolute atomic E-state index is 0.180. The molecule has 24 heavy (non-hydrogen) atoms. The van der Waals surface area contributed by atoms with Crippen molar-refractivity contribution in [1.29, 1.82) is 0 Å². The van der Waals surface area contributed by atoms with Gasteiger partial charge in [-0.25, -0.2) is 0 Å². The third kappa shape index (κ3) is 2.11. The van der Waals surface area contributed by atoms with E-state index in [0.717, 1.165) is 0 Å². The average molecular weight is 334 g/mol. The van der Waals surface area contributed by atoms with Crippen molar-refractivity contribution < 1.29 is 33.4 Å². The summed E-state index contributed by atoms with van der Waals surface area (Å²) in [5.41, 5.74) is -1.46. The van der Waals surface area contributed by atoms with Crippen LogP contribution >= 0.6 is 0 Å². The molecule has 0 bridgehead atoms. The smallest absolute Gasteiger partial charge is 0.320 e. The Hall–Kier alpha value is -2.44. The van der Waals surface area contributed by atoms with Crippen LogP contribution in [0.2, 0.25) is 0 Å². The maximum atomic E-state index is 12.8. The van der Waals surface area contributed by atoms with Crippen molar-refractivity contribution in [3.05, 3.63) is 24.0 Å². The van der Waals surface area contributed by atoms with E-state index in [0.29, 0.717) is 6.42 Å². The maximum Gasteiger partial charge on any atom is 0.320 e. The van der Waals surface area contributed by atoms with E-state index in [4.69, 9.17) is 14.2 Å². The Morgan fingerprint density at radius 1 is 1.21 bits per heavy atom. The number of carbonyl (C=O) groups excluding carboxylic acids is 4. The predicted molar refractivity (Wildman–Crippen MR) is 79.1 cm³/mol. The highest BCUT2D eigenvalue weighted by atomic mass is 16.6. The zero-order chi connectivity index (χ0) is 17.6. The lowest BCUT2D eigenvalue weighted by Crippen LogP contribution is -2.45. The lowest BCUT2D eigenvalue weighted by atomic mass is 9.76. The van der Waals surface area contributed by atoms with E-state index >= 15 is 0 Å². The summed E-state index contributed by atoms with van der Waals surface area (Å²) in [6.07, 6.45) is 4.80. The third-order valence-electron chi connectivity index (χ3n) is 5.00. The van der Waals surface area contributed by atoms with Gasteiger partial charge in [0.25, 0.3) is 0 Å². The number of ketones is 1. The number of rotatable bonds is 3. The minimum atomic E-state index is -1.46. The fourth-order valence-electron chi connectivity index (χ4n) is 4.32. The molecule has 0 aromatic rings. The number of allylic oxidation sites excluding steroid dienone is 2. The fourth-order valence-corrected chi connectivity index (χ4v) is 4.32. The van der Waals surface area contributed by atoms with Crippen LogP contribution in [0.25, 0.3) is 0 Å². The van der Waals surface area contributed by atoms with E-state index in [1.165, 1.54) is 27.0 Å². The molecule has 7 heteroatoms. The van der Waals surface area contributed by atoms with Crippen molar-refractivity contribution in [3.8, 4) is 0 Å². The summed E-state index contributed by atoms with van der Waals surface area (Å²) in [6.45, 7) is 2.43. The van der Waals surface area contributed by atoms with Crippen LogP contribution in [-0.2, 0) is 33.4 Å². The second kappa shape index (κ2) is 5.58. The maximum absolute atomic E-state index is 12.8. The first-order valence-electron chi connectivity index (χ1n) is 7.70. The van der Waals surface area contributed by atoms with Crippen LogP contribution in [0.1, 0.15) is 20.3 Å². The largest absolute Gasteiger partial charge is 0.468 e. The Balaban J connectivity index is 2.14. The van der Waals surface area contributed by atoms with Gasteiger partial charge in [-0.15, -0.1) is 0 Å². The summed E-state index contributed by atoms with van der Waals surface area (Å²) in [4.78, 5) is 48.3. The van der Waals surface area contributed by atoms with Gasteiger partial charge in [-0.1, -0.05) is 12.2 Å². The van der Waals surface area contributed by atoms with Crippen LogP contribution in [-0.4, -0.2) is 36.9 Å². The Morgan fingerprint density at radius 3 is 2.50 bits per heavy atom. The van der Waals surface area contributed by atoms with E-state index in [2.05, 4.69) is 0 Å². The van der Waals surface area contributed by atoms with Gasteiger partial charge >= 0.3 is 17.9 Å². The van der Waals surface area contributed by atoms with Crippen molar-refractivity contribution in [2.45, 2.75) is 26.4 Å². The highest BCUT2D eigenvalue weighted by Crippen LogP contribution is 2.61. The Bertz CT molecular complexity index is 689. The van der Waals surface area contributed by atoms with Crippen molar-refractivity contribution in [2.75, 3.05) is 7.11 Å². The van der Waals surface area contributed by atoms with Crippen LogP contribution < -0.4 is 0 Å². The first-order chi connectivity index (χ1) is 11.3. The van der Waals surface area contributed by atoms with Crippen molar-refractivity contribution in [1.82, 2.24) is 0 Å². The van der Waals surface area contributed by atoms with Gasteiger partial charge < -0.3 is 14.2 Å². The molecule has 0 radical (unpaired) electrons.